The van der Waals surface area contributed by atoms with E-state index in [9.17, 15) is 0 Å². The number of hydrogen-bond donors (Lipinski definition) is 1. The predicted molar refractivity (Wildman–Crippen MR) is 103 cm³/mol. The largest absolute Gasteiger partial charge is 0.358 e. The molecule has 1 aliphatic rings. The van der Waals surface area contributed by atoms with E-state index in [1.54, 1.807) is 0 Å². The molecular formula is C21H26N4. The van der Waals surface area contributed by atoms with Crippen molar-refractivity contribution in [2.45, 2.75) is 19.9 Å². The summed E-state index contributed by atoms with van der Waals surface area (Å²) in [6.45, 7) is 10.1. The standard InChI is InChI=1S/C21H26N4/c1-3-24-12-14-25(15-13-24)21(17-8-10-22-11-9-17)20-16(2)23-19-7-5-4-6-18(19)20/h4-11,21,23H,3,12-15H2,1-2H3. The molecule has 1 saturated heterocycles. The van der Waals surface area contributed by atoms with Gasteiger partial charge < -0.3 is 9.88 Å². The first-order valence-electron chi connectivity index (χ1n) is 9.21. The van der Waals surface area contributed by atoms with Gasteiger partial charge in [-0.2, -0.15) is 0 Å². The summed E-state index contributed by atoms with van der Waals surface area (Å²) in [4.78, 5) is 13.0. The fourth-order valence-corrected chi connectivity index (χ4v) is 4.09. The molecule has 2 aromatic heterocycles. The fourth-order valence-electron chi connectivity index (χ4n) is 4.09. The number of nitrogens with one attached hydrogen (secondary N) is 1. The summed E-state index contributed by atoms with van der Waals surface area (Å²) in [5, 5.41) is 1.33. The molecule has 3 heterocycles. The van der Waals surface area contributed by atoms with Gasteiger partial charge in [0.15, 0.2) is 0 Å². The van der Waals surface area contributed by atoms with Crippen LogP contribution in [0.25, 0.3) is 10.9 Å². The Morgan fingerprint density at radius 1 is 1.04 bits per heavy atom. The summed E-state index contributed by atoms with van der Waals surface area (Å²) in [5.74, 6) is 0. The third kappa shape index (κ3) is 3.08. The zero-order chi connectivity index (χ0) is 17.2. The maximum Gasteiger partial charge on any atom is 0.0627 e. The van der Waals surface area contributed by atoms with E-state index in [0.29, 0.717) is 0 Å². The topological polar surface area (TPSA) is 35.2 Å². The lowest BCUT2D eigenvalue weighted by molar-refractivity contribution is 0.113. The molecule has 130 valence electrons. The Morgan fingerprint density at radius 2 is 1.76 bits per heavy atom. The second-order valence-electron chi connectivity index (χ2n) is 6.86. The van der Waals surface area contributed by atoms with E-state index in [2.05, 4.69) is 70.0 Å². The van der Waals surface area contributed by atoms with Gasteiger partial charge in [-0.25, -0.2) is 0 Å². The normalized spacial score (nSPS) is 17.8. The molecule has 1 unspecified atom stereocenters. The van der Waals surface area contributed by atoms with Crippen LogP contribution in [0.15, 0.2) is 48.8 Å². The Labute approximate surface area is 149 Å². The molecule has 25 heavy (non-hydrogen) atoms. The molecule has 0 radical (unpaired) electrons. The highest BCUT2D eigenvalue weighted by atomic mass is 15.3. The monoisotopic (exact) mass is 334 g/mol. The fraction of sp³-hybridized carbons (Fsp3) is 0.381. The van der Waals surface area contributed by atoms with Gasteiger partial charge in [-0.05, 0) is 37.2 Å². The molecule has 4 heteroatoms. The average Bonchev–Trinajstić information content (AvgIpc) is 3.00. The molecule has 0 aliphatic carbocycles. The smallest absolute Gasteiger partial charge is 0.0627 e. The van der Waals surface area contributed by atoms with Crippen LogP contribution < -0.4 is 0 Å². The first-order valence-corrected chi connectivity index (χ1v) is 9.21. The minimum Gasteiger partial charge on any atom is -0.358 e. The quantitative estimate of drug-likeness (QED) is 0.792. The zero-order valence-corrected chi connectivity index (χ0v) is 15.1. The van der Waals surface area contributed by atoms with Crippen LogP contribution >= 0.6 is 0 Å². The van der Waals surface area contributed by atoms with E-state index in [0.717, 1.165) is 32.7 Å². The van der Waals surface area contributed by atoms with Crippen molar-refractivity contribution in [3.8, 4) is 0 Å². The lowest BCUT2D eigenvalue weighted by atomic mass is 9.94. The molecule has 0 bridgehead atoms. The Bertz CT molecular complexity index is 831. The van der Waals surface area contributed by atoms with Crippen LogP contribution in [0.5, 0.6) is 0 Å². The van der Waals surface area contributed by atoms with Gasteiger partial charge in [-0.3, -0.25) is 9.88 Å². The summed E-state index contributed by atoms with van der Waals surface area (Å²) < 4.78 is 0. The van der Waals surface area contributed by atoms with E-state index in [1.807, 2.05) is 12.4 Å². The molecule has 1 fully saturated rings. The summed E-state index contributed by atoms with van der Waals surface area (Å²) in [7, 11) is 0. The van der Waals surface area contributed by atoms with Crippen LogP contribution in [0.1, 0.15) is 29.8 Å². The van der Waals surface area contributed by atoms with Crippen molar-refractivity contribution in [1.82, 2.24) is 19.8 Å². The summed E-state index contributed by atoms with van der Waals surface area (Å²) in [6.07, 6.45) is 3.82. The minimum atomic E-state index is 0.276. The number of hydrogen-bond acceptors (Lipinski definition) is 3. The Balaban J connectivity index is 1.79. The maximum absolute atomic E-state index is 4.23. The number of aryl methyl sites for hydroxylation is 1. The molecule has 4 nitrogen and oxygen atoms in total. The van der Waals surface area contributed by atoms with Gasteiger partial charge >= 0.3 is 0 Å². The van der Waals surface area contributed by atoms with Crippen LogP contribution in [0.4, 0.5) is 0 Å². The third-order valence-corrected chi connectivity index (χ3v) is 5.46. The highest BCUT2D eigenvalue weighted by molar-refractivity contribution is 5.85. The molecular weight excluding hydrogens is 308 g/mol. The number of benzene rings is 1. The van der Waals surface area contributed by atoms with Crippen LogP contribution in [-0.2, 0) is 0 Å². The minimum absolute atomic E-state index is 0.276. The van der Waals surface area contributed by atoms with E-state index in [4.69, 9.17) is 0 Å². The van der Waals surface area contributed by atoms with E-state index >= 15 is 0 Å². The van der Waals surface area contributed by atoms with Crippen molar-refractivity contribution >= 4 is 10.9 Å². The number of rotatable bonds is 4. The summed E-state index contributed by atoms with van der Waals surface area (Å²) >= 11 is 0. The van der Waals surface area contributed by atoms with Crippen molar-refractivity contribution in [1.29, 1.82) is 0 Å². The third-order valence-electron chi connectivity index (χ3n) is 5.46. The molecule has 0 saturated carbocycles. The first kappa shape index (κ1) is 16.3. The van der Waals surface area contributed by atoms with Gasteiger partial charge in [0.25, 0.3) is 0 Å². The first-order chi connectivity index (χ1) is 12.3. The Morgan fingerprint density at radius 3 is 2.48 bits per heavy atom. The van der Waals surface area contributed by atoms with Crippen LogP contribution in [0.3, 0.4) is 0 Å². The van der Waals surface area contributed by atoms with Crippen molar-refractivity contribution in [2.75, 3.05) is 32.7 Å². The number of likely N-dealkylation sites (N-methyl/N-ethyl adjacent to an activating group) is 1. The van der Waals surface area contributed by atoms with Gasteiger partial charge in [0.05, 0.1) is 6.04 Å². The second-order valence-corrected chi connectivity index (χ2v) is 6.86. The molecule has 3 aromatic rings. The van der Waals surface area contributed by atoms with Crippen LogP contribution in [0, 0.1) is 6.92 Å². The maximum atomic E-state index is 4.23. The van der Waals surface area contributed by atoms with Gasteiger partial charge in [0, 0.05) is 60.7 Å². The molecule has 1 aliphatic heterocycles. The van der Waals surface area contributed by atoms with E-state index < -0.39 is 0 Å². The number of nitrogens with zero attached hydrogens (tertiary/aromatic N) is 3. The lowest BCUT2D eigenvalue weighted by Gasteiger charge is -2.39. The van der Waals surface area contributed by atoms with Crippen molar-refractivity contribution < 1.29 is 0 Å². The van der Waals surface area contributed by atoms with Gasteiger partial charge in [0.2, 0.25) is 0 Å². The average molecular weight is 334 g/mol. The van der Waals surface area contributed by atoms with E-state index in [1.165, 1.54) is 27.7 Å². The van der Waals surface area contributed by atoms with Crippen LogP contribution in [-0.4, -0.2) is 52.5 Å². The summed E-state index contributed by atoms with van der Waals surface area (Å²) in [5.41, 5.74) is 5.22. The number of aromatic nitrogens is 2. The zero-order valence-electron chi connectivity index (χ0n) is 15.1. The Hall–Kier alpha value is -2.17. The van der Waals surface area contributed by atoms with Gasteiger partial charge in [0.1, 0.15) is 0 Å². The number of pyridine rings is 1. The van der Waals surface area contributed by atoms with Gasteiger partial charge in [-0.1, -0.05) is 25.1 Å². The van der Waals surface area contributed by atoms with Crippen molar-refractivity contribution in [3.05, 3.63) is 65.6 Å². The van der Waals surface area contributed by atoms with Crippen molar-refractivity contribution in [2.24, 2.45) is 0 Å². The number of fused-ring (bicyclic) bond motifs is 1. The Kier molecular flexibility index (Phi) is 4.55. The molecule has 1 N–H and O–H groups in total. The lowest BCUT2D eigenvalue weighted by Crippen LogP contribution is -2.47. The molecule has 0 spiro atoms. The number of aromatic amines is 1. The molecule has 0 amide bonds. The second kappa shape index (κ2) is 6.98. The van der Waals surface area contributed by atoms with Crippen LogP contribution in [0.2, 0.25) is 0 Å². The van der Waals surface area contributed by atoms with Gasteiger partial charge in [-0.15, -0.1) is 0 Å². The predicted octanol–water partition coefficient (Wildman–Crippen LogP) is 3.60. The molecule has 1 aromatic carbocycles. The highest BCUT2D eigenvalue weighted by Crippen LogP contribution is 2.36. The van der Waals surface area contributed by atoms with Crippen molar-refractivity contribution in [3.63, 3.8) is 0 Å². The molecule has 1 atom stereocenters. The molecule has 4 rings (SSSR count). The summed E-state index contributed by atoms with van der Waals surface area (Å²) in [6, 6.07) is 13.3. The van der Waals surface area contributed by atoms with E-state index in [-0.39, 0.29) is 6.04 Å². The highest BCUT2D eigenvalue weighted by Gasteiger charge is 2.29. The number of para-hydroxylation sites is 1. The SMILES string of the molecule is CCN1CCN(C(c2ccncc2)c2c(C)[nH]c3ccccc23)CC1. The number of piperazine rings is 1. The number of H-pyrrole nitrogens is 1.